The molecule has 4 unspecified atom stereocenters. The molecule has 2 aliphatic carbocycles. The second kappa shape index (κ2) is 4.39. The zero-order valence-corrected chi connectivity index (χ0v) is 10.00. The number of hydrogen-bond donors (Lipinski definition) is 2. The lowest BCUT2D eigenvalue weighted by atomic mass is 9.89. The molecule has 2 saturated carbocycles. The highest BCUT2D eigenvalue weighted by Crippen LogP contribution is 2.60. The van der Waals surface area contributed by atoms with Gasteiger partial charge in [0.1, 0.15) is 0 Å². The number of fused-ring (bicyclic) bond motifs is 1. The third-order valence-corrected chi connectivity index (χ3v) is 4.65. The summed E-state index contributed by atoms with van der Waals surface area (Å²) in [4.78, 5) is 4.12. The number of nitrogens with zero attached hydrogens (tertiary/aromatic N) is 1. The van der Waals surface area contributed by atoms with Gasteiger partial charge in [0.2, 0.25) is 0 Å². The number of rotatable bonds is 4. The van der Waals surface area contributed by atoms with Crippen LogP contribution in [0.15, 0.2) is 24.5 Å². The van der Waals surface area contributed by atoms with Crippen LogP contribution in [0, 0.1) is 17.8 Å². The Morgan fingerprint density at radius 3 is 2.76 bits per heavy atom. The molecule has 4 atom stereocenters. The zero-order chi connectivity index (χ0) is 11.8. The molecule has 0 radical (unpaired) electrons. The summed E-state index contributed by atoms with van der Waals surface area (Å²) in [7, 11) is 0. The molecule has 3 nitrogen and oxygen atoms in total. The second-order valence-corrected chi connectivity index (χ2v) is 5.46. The number of aromatic nitrogens is 1. The van der Waals surface area contributed by atoms with Crippen molar-refractivity contribution in [3.8, 4) is 0 Å². The molecule has 0 spiro atoms. The summed E-state index contributed by atoms with van der Waals surface area (Å²) in [6, 6.07) is 3.93. The lowest BCUT2D eigenvalue weighted by Gasteiger charge is -2.23. The van der Waals surface area contributed by atoms with Gasteiger partial charge in [-0.2, -0.15) is 0 Å². The van der Waals surface area contributed by atoms with Crippen LogP contribution in [0.2, 0.25) is 0 Å². The largest absolute Gasteiger partial charge is 0.392 e. The van der Waals surface area contributed by atoms with Gasteiger partial charge in [-0.15, -0.1) is 0 Å². The van der Waals surface area contributed by atoms with Crippen LogP contribution in [0.5, 0.6) is 0 Å². The molecular weight excluding hydrogens is 212 g/mol. The van der Waals surface area contributed by atoms with E-state index < -0.39 is 0 Å². The fourth-order valence-corrected chi connectivity index (χ4v) is 3.72. The van der Waals surface area contributed by atoms with Gasteiger partial charge >= 0.3 is 0 Å². The number of pyridine rings is 1. The molecule has 2 fully saturated rings. The summed E-state index contributed by atoms with van der Waals surface area (Å²) >= 11 is 0. The summed E-state index contributed by atoms with van der Waals surface area (Å²) in [5, 5.41) is 10.5. The quantitative estimate of drug-likeness (QED) is 0.827. The number of hydrogen-bond acceptors (Lipinski definition) is 3. The van der Waals surface area contributed by atoms with Crippen molar-refractivity contribution in [2.75, 3.05) is 6.54 Å². The molecule has 0 bridgehead atoms. The maximum Gasteiger partial charge on any atom is 0.0655 e. The third-order valence-electron chi connectivity index (χ3n) is 4.65. The Hall–Kier alpha value is -0.930. The third kappa shape index (κ3) is 1.87. The van der Waals surface area contributed by atoms with Crippen LogP contribution in [0.1, 0.15) is 30.7 Å². The van der Waals surface area contributed by atoms with Gasteiger partial charge in [-0.3, -0.25) is 4.98 Å². The Morgan fingerprint density at radius 2 is 2.18 bits per heavy atom. The first-order chi connectivity index (χ1) is 8.33. The van der Waals surface area contributed by atoms with Crippen LogP contribution in [0.3, 0.4) is 0 Å². The maximum atomic E-state index is 10.5. The zero-order valence-electron chi connectivity index (χ0n) is 10.00. The highest BCUT2D eigenvalue weighted by atomic mass is 16.3. The Labute approximate surface area is 102 Å². The summed E-state index contributed by atoms with van der Waals surface area (Å²) in [6.07, 6.45) is 7.26. The monoisotopic (exact) mass is 232 g/mol. The van der Waals surface area contributed by atoms with Crippen LogP contribution in [0.25, 0.3) is 0 Å². The molecule has 17 heavy (non-hydrogen) atoms. The number of nitrogens with two attached hydrogens (primary N) is 1. The molecule has 3 rings (SSSR count). The lowest BCUT2D eigenvalue weighted by Crippen LogP contribution is -2.29. The summed E-state index contributed by atoms with van der Waals surface area (Å²) in [5.41, 5.74) is 6.91. The van der Waals surface area contributed by atoms with Crippen molar-refractivity contribution in [3.05, 3.63) is 30.1 Å². The average Bonchev–Trinajstić information content (AvgIpc) is 2.85. The molecule has 1 heterocycles. The van der Waals surface area contributed by atoms with Crippen molar-refractivity contribution in [2.24, 2.45) is 23.5 Å². The standard InChI is InChI=1S/C14H20N2O/c15-7-12(9-3-2-6-16-8-9)14(17)13-10-4-1-5-11(10)13/h2-3,6,8,10-14,17H,1,4-5,7,15H2. The minimum Gasteiger partial charge on any atom is -0.392 e. The highest BCUT2D eigenvalue weighted by Gasteiger charge is 2.56. The van der Waals surface area contributed by atoms with Gasteiger partial charge in [0.25, 0.3) is 0 Å². The first-order valence-corrected chi connectivity index (χ1v) is 6.61. The molecule has 0 amide bonds. The van der Waals surface area contributed by atoms with Crippen molar-refractivity contribution in [1.29, 1.82) is 0 Å². The Bertz CT molecular complexity index is 371. The molecule has 3 N–H and O–H groups in total. The fraction of sp³-hybridized carbons (Fsp3) is 0.643. The summed E-state index contributed by atoms with van der Waals surface area (Å²) < 4.78 is 0. The molecule has 2 aliphatic rings. The van der Waals surface area contributed by atoms with E-state index in [-0.39, 0.29) is 12.0 Å². The van der Waals surface area contributed by atoms with E-state index in [9.17, 15) is 5.11 Å². The van der Waals surface area contributed by atoms with E-state index in [1.54, 1.807) is 6.20 Å². The van der Waals surface area contributed by atoms with Gasteiger partial charge in [-0.25, -0.2) is 0 Å². The summed E-state index contributed by atoms with van der Waals surface area (Å²) in [5.74, 6) is 2.10. The molecule has 1 aromatic heterocycles. The number of aliphatic hydroxyl groups is 1. The lowest BCUT2D eigenvalue weighted by molar-refractivity contribution is 0.108. The van der Waals surface area contributed by atoms with Crippen molar-refractivity contribution in [1.82, 2.24) is 4.98 Å². The van der Waals surface area contributed by atoms with Gasteiger partial charge in [0.15, 0.2) is 0 Å². The van der Waals surface area contributed by atoms with Gasteiger partial charge in [-0.1, -0.05) is 12.5 Å². The SMILES string of the molecule is NCC(c1cccnc1)C(O)C1C2CCCC21. The van der Waals surface area contributed by atoms with Crippen molar-refractivity contribution >= 4 is 0 Å². The topological polar surface area (TPSA) is 59.1 Å². The number of aliphatic hydroxyl groups excluding tert-OH is 1. The normalized spacial score (nSPS) is 34.1. The van der Waals surface area contributed by atoms with E-state index in [2.05, 4.69) is 4.98 Å². The van der Waals surface area contributed by atoms with Crippen LogP contribution < -0.4 is 5.73 Å². The van der Waals surface area contributed by atoms with E-state index >= 15 is 0 Å². The fourth-order valence-electron chi connectivity index (χ4n) is 3.72. The molecule has 0 aromatic carbocycles. The van der Waals surface area contributed by atoms with Gasteiger partial charge in [0, 0.05) is 24.9 Å². The average molecular weight is 232 g/mol. The molecule has 0 aliphatic heterocycles. The smallest absolute Gasteiger partial charge is 0.0655 e. The van der Waals surface area contributed by atoms with Crippen LogP contribution in [-0.4, -0.2) is 22.7 Å². The molecule has 0 saturated heterocycles. The van der Waals surface area contributed by atoms with E-state index in [4.69, 9.17) is 5.73 Å². The van der Waals surface area contributed by atoms with Crippen molar-refractivity contribution in [2.45, 2.75) is 31.3 Å². The minimum absolute atomic E-state index is 0.0549. The molecule has 3 heteroatoms. The van der Waals surface area contributed by atoms with E-state index in [0.717, 1.165) is 17.4 Å². The Kier molecular flexibility index (Phi) is 2.89. The molecule has 1 aromatic rings. The van der Waals surface area contributed by atoms with Gasteiger partial charge in [0.05, 0.1) is 6.10 Å². The van der Waals surface area contributed by atoms with E-state index in [0.29, 0.717) is 12.5 Å². The van der Waals surface area contributed by atoms with Gasteiger partial charge < -0.3 is 10.8 Å². The predicted molar refractivity (Wildman–Crippen MR) is 66.4 cm³/mol. The Morgan fingerprint density at radius 1 is 1.41 bits per heavy atom. The minimum atomic E-state index is -0.278. The van der Waals surface area contributed by atoms with Gasteiger partial charge in [-0.05, 0) is 42.2 Å². The van der Waals surface area contributed by atoms with Crippen molar-refractivity contribution in [3.63, 3.8) is 0 Å². The molecular formula is C14H20N2O. The maximum absolute atomic E-state index is 10.5. The second-order valence-electron chi connectivity index (χ2n) is 5.46. The van der Waals surface area contributed by atoms with Crippen LogP contribution >= 0.6 is 0 Å². The predicted octanol–water partition coefficient (Wildman–Crippen LogP) is 1.53. The van der Waals surface area contributed by atoms with E-state index in [1.807, 2.05) is 18.3 Å². The summed E-state index contributed by atoms with van der Waals surface area (Å²) in [6.45, 7) is 0.503. The van der Waals surface area contributed by atoms with Crippen molar-refractivity contribution < 1.29 is 5.11 Å². The first-order valence-electron chi connectivity index (χ1n) is 6.61. The highest BCUT2D eigenvalue weighted by molar-refractivity contribution is 5.20. The molecule has 92 valence electrons. The Balaban J connectivity index is 1.73. The van der Waals surface area contributed by atoms with Crippen LogP contribution in [-0.2, 0) is 0 Å². The first kappa shape index (κ1) is 11.2. The van der Waals surface area contributed by atoms with E-state index in [1.165, 1.54) is 19.3 Å². The van der Waals surface area contributed by atoms with Crippen LogP contribution in [0.4, 0.5) is 0 Å².